The predicted octanol–water partition coefficient (Wildman–Crippen LogP) is 7.44. The highest BCUT2D eigenvalue weighted by atomic mass is 14.9. The fraction of sp³-hybridized carbons (Fsp3) is 0.333. The van der Waals surface area contributed by atoms with Crippen LogP contribution in [0.2, 0.25) is 0 Å². The summed E-state index contributed by atoms with van der Waals surface area (Å²) in [5, 5.41) is 6.39. The van der Waals surface area contributed by atoms with Crippen LogP contribution in [0.4, 0.5) is 11.4 Å². The van der Waals surface area contributed by atoms with Crippen LogP contribution in [0, 0.1) is 0 Å². The van der Waals surface area contributed by atoms with Crippen molar-refractivity contribution in [2.24, 2.45) is 0 Å². The van der Waals surface area contributed by atoms with Crippen LogP contribution in [0.1, 0.15) is 52.0 Å². The van der Waals surface area contributed by atoms with Gasteiger partial charge in [0.25, 0.3) is 0 Å². The van der Waals surface area contributed by atoms with Crippen molar-refractivity contribution in [3.05, 3.63) is 72.3 Å². The average molecular weight is 332 g/mol. The first-order chi connectivity index (χ1) is 12.2. The van der Waals surface area contributed by atoms with E-state index in [-0.39, 0.29) is 5.41 Å². The normalized spacial score (nSPS) is 13.6. The van der Waals surface area contributed by atoms with E-state index in [4.69, 9.17) is 0 Å². The molecule has 1 unspecified atom stereocenters. The molecule has 0 radical (unpaired) electrons. The van der Waals surface area contributed by atoms with Crippen LogP contribution in [0.3, 0.4) is 0 Å². The Balaban J connectivity index is 2.16. The third-order valence-electron chi connectivity index (χ3n) is 5.45. The molecule has 0 aliphatic rings. The molecule has 1 atom stereocenters. The lowest BCUT2D eigenvalue weighted by Crippen LogP contribution is -2.22. The summed E-state index contributed by atoms with van der Waals surface area (Å²) in [5.41, 5.74) is 4.03. The number of anilines is 2. The van der Waals surface area contributed by atoms with Crippen molar-refractivity contribution >= 4 is 22.1 Å². The van der Waals surface area contributed by atoms with Crippen LogP contribution >= 0.6 is 0 Å². The quantitative estimate of drug-likeness (QED) is 0.474. The number of hydrogen-bond donors (Lipinski definition) is 1. The summed E-state index contributed by atoms with van der Waals surface area (Å²) in [7, 11) is 0. The largest absolute Gasteiger partial charge is 0.355 e. The molecule has 25 heavy (non-hydrogen) atoms. The number of rotatable bonds is 7. The van der Waals surface area contributed by atoms with Gasteiger partial charge in [-0.15, -0.1) is 0 Å². The second-order valence-corrected chi connectivity index (χ2v) is 7.22. The molecule has 0 aliphatic carbocycles. The van der Waals surface area contributed by atoms with Gasteiger partial charge in [0.1, 0.15) is 0 Å². The monoisotopic (exact) mass is 331 g/mol. The van der Waals surface area contributed by atoms with Gasteiger partial charge in [0.15, 0.2) is 0 Å². The van der Waals surface area contributed by atoms with Gasteiger partial charge in [-0.1, -0.05) is 82.1 Å². The Morgan fingerprint density at radius 3 is 2.28 bits per heavy atom. The van der Waals surface area contributed by atoms with E-state index in [1.54, 1.807) is 0 Å². The van der Waals surface area contributed by atoms with Gasteiger partial charge < -0.3 is 5.32 Å². The number of unbranched alkanes of at least 4 members (excludes halogenated alkanes) is 1. The molecule has 0 saturated heterocycles. The van der Waals surface area contributed by atoms with E-state index in [1.165, 1.54) is 41.3 Å². The van der Waals surface area contributed by atoms with Gasteiger partial charge in [-0.3, -0.25) is 0 Å². The van der Waals surface area contributed by atoms with Crippen LogP contribution < -0.4 is 5.32 Å². The van der Waals surface area contributed by atoms with Gasteiger partial charge in [0, 0.05) is 11.4 Å². The van der Waals surface area contributed by atoms with Crippen molar-refractivity contribution < 1.29 is 0 Å². The van der Waals surface area contributed by atoms with E-state index in [0.717, 1.165) is 12.1 Å². The van der Waals surface area contributed by atoms with Gasteiger partial charge in [0.05, 0.1) is 0 Å². The number of benzene rings is 3. The molecule has 0 amide bonds. The highest BCUT2D eigenvalue weighted by Gasteiger charge is 2.28. The summed E-state index contributed by atoms with van der Waals surface area (Å²) in [6.07, 6.45) is 4.86. The van der Waals surface area contributed by atoms with Crippen molar-refractivity contribution in [1.29, 1.82) is 0 Å². The first kappa shape index (κ1) is 17.5. The molecule has 0 bridgehead atoms. The summed E-state index contributed by atoms with van der Waals surface area (Å²) >= 11 is 0. The lowest BCUT2D eigenvalue weighted by Gasteiger charge is -2.33. The number of para-hydroxylation sites is 1. The molecule has 1 nitrogen and oxygen atoms in total. The minimum Gasteiger partial charge on any atom is -0.355 e. The molecule has 3 aromatic carbocycles. The smallest absolute Gasteiger partial charge is 0.0428 e. The lowest BCUT2D eigenvalue weighted by atomic mass is 9.73. The maximum absolute atomic E-state index is 3.68. The third-order valence-corrected chi connectivity index (χ3v) is 5.45. The Kier molecular flexibility index (Phi) is 5.43. The number of fused-ring (bicyclic) bond motifs is 1. The minimum absolute atomic E-state index is 0.175. The molecule has 0 heterocycles. The summed E-state index contributed by atoms with van der Waals surface area (Å²) < 4.78 is 0. The fourth-order valence-corrected chi connectivity index (χ4v) is 3.75. The van der Waals surface area contributed by atoms with E-state index < -0.39 is 0 Å². The van der Waals surface area contributed by atoms with E-state index in [2.05, 4.69) is 92.8 Å². The fourth-order valence-electron chi connectivity index (χ4n) is 3.75. The molecule has 3 rings (SSSR count). The Morgan fingerprint density at radius 2 is 1.56 bits per heavy atom. The van der Waals surface area contributed by atoms with Crippen molar-refractivity contribution in [3.63, 3.8) is 0 Å². The van der Waals surface area contributed by atoms with Gasteiger partial charge >= 0.3 is 0 Å². The SMILES string of the molecule is CCCCC(C)(CC)c1c(Nc2ccccc2)ccc2ccccc12. The second-order valence-electron chi connectivity index (χ2n) is 7.22. The predicted molar refractivity (Wildman–Crippen MR) is 111 cm³/mol. The first-order valence-corrected chi connectivity index (χ1v) is 9.52. The van der Waals surface area contributed by atoms with Crippen molar-refractivity contribution in [2.45, 2.75) is 51.9 Å². The van der Waals surface area contributed by atoms with Crippen molar-refractivity contribution in [2.75, 3.05) is 5.32 Å². The average Bonchev–Trinajstić information content (AvgIpc) is 2.66. The van der Waals surface area contributed by atoms with Crippen LogP contribution in [-0.2, 0) is 5.41 Å². The van der Waals surface area contributed by atoms with E-state index >= 15 is 0 Å². The molecular weight excluding hydrogens is 302 g/mol. The van der Waals surface area contributed by atoms with Gasteiger partial charge in [-0.25, -0.2) is 0 Å². The minimum atomic E-state index is 0.175. The second kappa shape index (κ2) is 7.74. The van der Waals surface area contributed by atoms with Crippen LogP contribution in [-0.4, -0.2) is 0 Å². The molecule has 0 saturated carbocycles. The summed E-state index contributed by atoms with van der Waals surface area (Å²) in [4.78, 5) is 0. The van der Waals surface area contributed by atoms with E-state index in [1.807, 2.05) is 0 Å². The molecule has 0 aliphatic heterocycles. The maximum Gasteiger partial charge on any atom is 0.0428 e. The Bertz CT molecular complexity index is 822. The first-order valence-electron chi connectivity index (χ1n) is 9.52. The molecule has 3 aromatic rings. The van der Waals surface area contributed by atoms with Crippen molar-refractivity contribution in [1.82, 2.24) is 0 Å². The number of nitrogens with one attached hydrogen (secondary N) is 1. The molecule has 1 heteroatoms. The van der Waals surface area contributed by atoms with Gasteiger partial charge in [0.2, 0.25) is 0 Å². The highest BCUT2D eigenvalue weighted by Crippen LogP contribution is 2.42. The van der Waals surface area contributed by atoms with Crippen LogP contribution in [0.15, 0.2) is 66.7 Å². The third kappa shape index (κ3) is 3.71. The highest BCUT2D eigenvalue weighted by molar-refractivity contribution is 5.92. The molecule has 130 valence electrons. The van der Waals surface area contributed by atoms with Crippen LogP contribution in [0.25, 0.3) is 10.8 Å². The molecule has 0 spiro atoms. The molecule has 0 fully saturated rings. The number of hydrogen-bond acceptors (Lipinski definition) is 1. The zero-order valence-corrected chi connectivity index (χ0v) is 15.7. The topological polar surface area (TPSA) is 12.0 Å². The summed E-state index contributed by atoms with van der Waals surface area (Å²) in [6.45, 7) is 7.03. The standard InChI is InChI=1S/C24H29N/c1-4-6-18-24(3,5-2)23-21-15-11-10-12-19(21)16-17-22(23)25-20-13-8-7-9-14-20/h7-17,25H,4-6,18H2,1-3H3. The zero-order valence-electron chi connectivity index (χ0n) is 15.7. The summed E-state index contributed by atoms with van der Waals surface area (Å²) in [6, 6.07) is 23.8. The maximum atomic E-state index is 3.68. The lowest BCUT2D eigenvalue weighted by molar-refractivity contribution is 0.407. The zero-order chi connectivity index (χ0) is 17.7. The van der Waals surface area contributed by atoms with Crippen LogP contribution in [0.5, 0.6) is 0 Å². The molecular formula is C24H29N. The van der Waals surface area contributed by atoms with Gasteiger partial charge in [-0.05, 0) is 52.8 Å². The Hall–Kier alpha value is -2.28. The van der Waals surface area contributed by atoms with E-state index in [0.29, 0.717) is 0 Å². The Morgan fingerprint density at radius 1 is 0.840 bits per heavy atom. The summed E-state index contributed by atoms with van der Waals surface area (Å²) in [5.74, 6) is 0. The van der Waals surface area contributed by atoms with Gasteiger partial charge in [-0.2, -0.15) is 0 Å². The molecule has 0 aromatic heterocycles. The molecule has 1 N–H and O–H groups in total. The Labute approximate surface area is 152 Å². The van der Waals surface area contributed by atoms with E-state index in [9.17, 15) is 0 Å². The van der Waals surface area contributed by atoms with Crippen molar-refractivity contribution in [3.8, 4) is 0 Å².